The maximum atomic E-state index is 14.1. The van der Waals surface area contributed by atoms with Crippen LogP contribution in [-0.4, -0.2) is 22.6 Å². The fourth-order valence-corrected chi connectivity index (χ4v) is 3.77. The minimum absolute atomic E-state index is 0.0294. The Balaban J connectivity index is 2.24. The van der Waals surface area contributed by atoms with Gasteiger partial charge in [-0.25, -0.2) is 0 Å². The van der Waals surface area contributed by atoms with E-state index in [4.69, 9.17) is 0 Å². The van der Waals surface area contributed by atoms with E-state index in [0.717, 1.165) is 16.0 Å². The Morgan fingerprint density at radius 3 is 2.04 bits per heavy atom. The van der Waals surface area contributed by atoms with Crippen LogP contribution in [0.3, 0.4) is 0 Å². The second kappa shape index (κ2) is 6.27. The number of fused-ring (bicyclic) bond motifs is 1. The molecule has 0 aromatic heterocycles. The summed E-state index contributed by atoms with van der Waals surface area (Å²) in [4.78, 5) is 11.8. The first kappa shape index (κ1) is 18.7. The van der Waals surface area contributed by atoms with Gasteiger partial charge in [0.2, 0.25) is 5.91 Å². The summed E-state index contributed by atoms with van der Waals surface area (Å²) in [6, 6.07) is 8.58. The molecule has 3 rings (SSSR count). The van der Waals surface area contributed by atoms with Gasteiger partial charge in [0.25, 0.3) is 0 Å². The van der Waals surface area contributed by atoms with Gasteiger partial charge in [-0.1, -0.05) is 50.2 Å². The minimum Gasteiger partial charge on any atom is -0.287 e. The van der Waals surface area contributed by atoms with Crippen molar-refractivity contribution in [2.75, 3.05) is 0 Å². The van der Waals surface area contributed by atoms with Crippen molar-refractivity contribution in [2.24, 2.45) is 0 Å². The van der Waals surface area contributed by atoms with E-state index in [-0.39, 0.29) is 17.9 Å². The topological polar surface area (TPSA) is 32.3 Å². The molecule has 0 saturated carbocycles. The lowest BCUT2D eigenvalue weighted by atomic mass is 9.89. The van der Waals surface area contributed by atoms with Crippen LogP contribution in [0.4, 0.5) is 13.2 Å². The van der Waals surface area contributed by atoms with Crippen LogP contribution in [0.15, 0.2) is 36.4 Å². The first-order valence-electron chi connectivity index (χ1n) is 8.69. The fourth-order valence-electron chi connectivity index (χ4n) is 3.77. The Labute approximate surface area is 151 Å². The van der Waals surface area contributed by atoms with Gasteiger partial charge in [0, 0.05) is 12.0 Å². The lowest BCUT2D eigenvalue weighted by Crippen LogP contribution is -2.51. The van der Waals surface area contributed by atoms with Gasteiger partial charge >= 0.3 is 6.18 Å². The summed E-state index contributed by atoms with van der Waals surface area (Å²) < 4.78 is 42.4. The molecule has 1 N–H and O–H groups in total. The van der Waals surface area contributed by atoms with Gasteiger partial charge < -0.3 is 0 Å². The average molecular weight is 364 g/mol. The van der Waals surface area contributed by atoms with E-state index in [2.05, 4.69) is 5.43 Å². The molecule has 2 aromatic rings. The molecular weight excluding hydrogens is 341 g/mol. The van der Waals surface area contributed by atoms with Gasteiger partial charge in [0.15, 0.2) is 6.04 Å². The van der Waals surface area contributed by atoms with Crippen molar-refractivity contribution in [1.82, 2.24) is 10.4 Å². The monoisotopic (exact) mass is 364 g/mol. The minimum atomic E-state index is -4.53. The lowest BCUT2D eigenvalue weighted by Gasteiger charge is -2.38. The quantitative estimate of drug-likeness (QED) is 0.823. The molecule has 3 nitrogen and oxygen atoms in total. The molecule has 26 heavy (non-hydrogen) atoms. The van der Waals surface area contributed by atoms with Crippen LogP contribution in [0.25, 0.3) is 10.8 Å². The largest absolute Gasteiger partial charge is 0.409 e. The van der Waals surface area contributed by atoms with Gasteiger partial charge in [0.1, 0.15) is 0 Å². The highest BCUT2D eigenvalue weighted by Gasteiger charge is 2.53. The van der Waals surface area contributed by atoms with Crippen LogP contribution in [0.5, 0.6) is 0 Å². The van der Waals surface area contributed by atoms with E-state index in [1.807, 2.05) is 26.0 Å². The van der Waals surface area contributed by atoms with Crippen LogP contribution in [0.1, 0.15) is 57.2 Å². The third kappa shape index (κ3) is 3.18. The van der Waals surface area contributed by atoms with Crippen molar-refractivity contribution in [1.29, 1.82) is 0 Å². The number of benzene rings is 2. The second-order valence-corrected chi connectivity index (χ2v) is 7.78. The van der Waals surface area contributed by atoms with Crippen LogP contribution in [0, 0.1) is 0 Å². The van der Waals surface area contributed by atoms with E-state index in [1.165, 1.54) is 0 Å². The molecular formula is C20H23F3N2O. The van der Waals surface area contributed by atoms with Gasteiger partial charge in [-0.15, -0.1) is 0 Å². The van der Waals surface area contributed by atoms with Crippen molar-refractivity contribution in [2.45, 2.75) is 57.8 Å². The molecule has 1 fully saturated rings. The smallest absolute Gasteiger partial charge is 0.287 e. The number of nitrogens with zero attached hydrogens (tertiary/aromatic N) is 1. The predicted octanol–water partition coefficient (Wildman–Crippen LogP) is 5.08. The van der Waals surface area contributed by atoms with Crippen LogP contribution in [0.2, 0.25) is 0 Å². The highest BCUT2D eigenvalue weighted by atomic mass is 19.4. The number of amides is 1. The molecule has 6 heteroatoms. The number of alkyl halides is 3. The summed E-state index contributed by atoms with van der Waals surface area (Å²) in [7, 11) is 0. The Morgan fingerprint density at radius 1 is 1.04 bits per heavy atom. The average Bonchev–Trinajstić information content (AvgIpc) is 2.78. The maximum absolute atomic E-state index is 14.1. The molecule has 1 saturated heterocycles. The molecule has 1 aliphatic rings. The van der Waals surface area contributed by atoms with Crippen LogP contribution >= 0.6 is 0 Å². The highest BCUT2D eigenvalue weighted by molar-refractivity contribution is 5.89. The van der Waals surface area contributed by atoms with Gasteiger partial charge in [-0.3, -0.25) is 10.2 Å². The molecule has 1 amide bonds. The molecule has 140 valence electrons. The summed E-state index contributed by atoms with van der Waals surface area (Å²) in [5.41, 5.74) is 2.66. The zero-order chi connectivity index (χ0) is 19.3. The van der Waals surface area contributed by atoms with Crippen molar-refractivity contribution in [3.05, 3.63) is 47.5 Å². The van der Waals surface area contributed by atoms with E-state index < -0.39 is 23.7 Å². The second-order valence-electron chi connectivity index (χ2n) is 7.78. The Hall–Kier alpha value is -2.08. The molecule has 0 aliphatic carbocycles. The zero-order valence-electron chi connectivity index (χ0n) is 15.3. The van der Waals surface area contributed by atoms with Gasteiger partial charge in [-0.05, 0) is 41.7 Å². The van der Waals surface area contributed by atoms with Crippen LogP contribution in [-0.2, 0) is 4.79 Å². The summed E-state index contributed by atoms with van der Waals surface area (Å²) in [6.07, 6.45) is -4.50. The molecule has 2 aromatic carbocycles. The molecule has 1 heterocycles. The van der Waals surface area contributed by atoms with Gasteiger partial charge in [0.05, 0.1) is 0 Å². The number of rotatable bonds is 3. The number of hydrogen-bond acceptors (Lipinski definition) is 2. The normalized spacial score (nSPS) is 19.2. The number of hydrazine groups is 1. The highest BCUT2D eigenvalue weighted by Crippen LogP contribution is 2.45. The van der Waals surface area contributed by atoms with E-state index in [0.29, 0.717) is 5.39 Å². The fraction of sp³-hybridized carbons (Fsp3) is 0.450. The van der Waals surface area contributed by atoms with E-state index in [1.54, 1.807) is 38.1 Å². The Morgan fingerprint density at radius 2 is 1.58 bits per heavy atom. The summed E-state index contributed by atoms with van der Waals surface area (Å²) >= 11 is 0. The maximum Gasteiger partial charge on any atom is 0.409 e. The first-order valence-corrected chi connectivity index (χ1v) is 8.69. The first-order chi connectivity index (χ1) is 12.0. The van der Waals surface area contributed by atoms with Crippen molar-refractivity contribution in [3.8, 4) is 0 Å². The predicted molar refractivity (Wildman–Crippen MR) is 95.5 cm³/mol. The van der Waals surface area contributed by atoms with Gasteiger partial charge in [-0.2, -0.15) is 18.2 Å². The lowest BCUT2D eigenvalue weighted by molar-refractivity contribution is -0.203. The molecule has 0 spiro atoms. The molecule has 0 bridgehead atoms. The molecule has 1 aliphatic heterocycles. The summed E-state index contributed by atoms with van der Waals surface area (Å²) in [5, 5.41) is 2.45. The Bertz CT molecular complexity index is 843. The Kier molecular flexibility index (Phi) is 4.51. The number of hydrogen-bond donors (Lipinski definition) is 1. The number of carbonyl (C=O) groups is 1. The third-order valence-corrected chi connectivity index (χ3v) is 4.97. The number of nitrogens with one attached hydrogen (secondary N) is 1. The van der Waals surface area contributed by atoms with Crippen molar-refractivity contribution in [3.63, 3.8) is 0 Å². The third-order valence-electron chi connectivity index (χ3n) is 4.97. The van der Waals surface area contributed by atoms with E-state index >= 15 is 0 Å². The summed E-state index contributed by atoms with van der Waals surface area (Å²) in [5.74, 6) is -0.200. The molecule has 0 radical (unpaired) electrons. The summed E-state index contributed by atoms with van der Waals surface area (Å²) in [6.45, 7) is 7.33. The van der Waals surface area contributed by atoms with Crippen molar-refractivity contribution < 1.29 is 18.0 Å². The standard InChI is InChI=1S/C20H23F3N2O/c1-12(2)13-9-10-16(15-8-6-5-7-14(13)15)18(20(21,22)23)25-19(3,4)11-17(26)24-25/h5-10,12,18H,11H2,1-4H3,(H,24,26)/t18-/m0/s1. The molecule has 0 unspecified atom stereocenters. The number of halogens is 3. The van der Waals surface area contributed by atoms with Crippen molar-refractivity contribution >= 4 is 16.7 Å². The number of carbonyl (C=O) groups excluding carboxylic acids is 1. The zero-order valence-corrected chi connectivity index (χ0v) is 15.3. The molecule has 1 atom stereocenters. The SMILES string of the molecule is CC(C)c1ccc([C@H](N2NC(=O)CC2(C)C)C(F)(F)F)c2ccccc12. The van der Waals surface area contributed by atoms with Crippen LogP contribution < -0.4 is 5.43 Å². The van der Waals surface area contributed by atoms with E-state index in [9.17, 15) is 18.0 Å².